The number of nitrogens with two attached hydrogens (primary N) is 1. The predicted molar refractivity (Wildman–Crippen MR) is 117 cm³/mol. The number of phenols is 1. The molecule has 0 unspecified atom stereocenters. The first kappa shape index (κ1) is 19.6. The summed E-state index contributed by atoms with van der Waals surface area (Å²) in [6, 6.07) is 11.1. The predicted octanol–water partition coefficient (Wildman–Crippen LogP) is 2.37. The van der Waals surface area contributed by atoms with Gasteiger partial charge in [0.05, 0.1) is 24.9 Å². The zero-order valence-electron chi connectivity index (χ0n) is 16.6. The highest BCUT2D eigenvalue weighted by molar-refractivity contribution is 5.95. The summed E-state index contributed by atoms with van der Waals surface area (Å²) in [7, 11) is 0. The van der Waals surface area contributed by atoms with Crippen molar-refractivity contribution >= 4 is 34.6 Å². The van der Waals surface area contributed by atoms with Gasteiger partial charge in [0, 0.05) is 24.2 Å². The van der Waals surface area contributed by atoms with Crippen LogP contribution in [-0.2, 0) is 4.74 Å². The number of nitrogens with zero attached hydrogens (tertiary/aromatic N) is 5. The Morgan fingerprint density at radius 2 is 2.03 bits per heavy atom. The number of fused-ring (bicyclic) bond motifs is 1. The average Bonchev–Trinajstić information content (AvgIpc) is 2.77. The van der Waals surface area contributed by atoms with E-state index < -0.39 is 0 Å². The second-order valence-electron chi connectivity index (χ2n) is 6.93. The molecule has 1 fully saturated rings. The van der Waals surface area contributed by atoms with Crippen molar-refractivity contribution in [3.05, 3.63) is 53.9 Å². The van der Waals surface area contributed by atoms with Crippen molar-refractivity contribution in [3.8, 4) is 5.75 Å². The van der Waals surface area contributed by atoms with Gasteiger partial charge in [-0.15, -0.1) is 5.10 Å². The number of ether oxygens (including phenoxy) is 1. The molecule has 2 heterocycles. The van der Waals surface area contributed by atoms with Crippen LogP contribution in [0.4, 0.5) is 11.5 Å². The van der Waals surface area contributed by atoms with Gasteiger partial charge in [0.25, 0.3) is 0 Å². The summed E-state index contributed by atoms with van der Waals surface area (Å²) >= 11 is 0. The lowest BCUT2D eigenvalue weighted by atomic mass is 10.1. The number of morpholine rings is 1. The van der Waals surface area contributed by atoms with Crippen LogP contribution >= 0.6 is 0 Å². The van der Waals surface area contributed by atoms with Gasteiger partial charge in [0.2, 0.25) is 5.96 Å². The van der Waals surface area contributed by atoms with Crippen LogP contribution in [0.5, 0.6) is 5.75 Å². The monoisotopic (exact) mass is 405 g/mol. The average molecular weight is 405 g/mol. The Bertz CT molecular complexity index is 1110. The highest BCUT2D eigenvalue weighted by Gasteiger charge is 2.12. The summed E-state index contributed by atoms with van der Waals surface area (Å²) < 4.78 is 5.31. The molecule has 0 bridgehead atoms. The Balaban J connectivity index is 1.56. The van der Waals surface area contributed by atoms with Crippen molar-refractivity contribution in [2.75, 3.05) is 31.6 Å². The molecule has 0 aliphatic carbocycles. The van der Waals surface area contributed by atoms with Gasteiger partial charge in [-0.2, -0.15) is 5.10 Å². The van der Waals surface area contributed by atoms with Gasteiger partial charge < -0.3 is 25.8 Å². The van der Waals surface area contributed by atoms with E-state index >= 15 is 0 Å². The minimum atomic E-state index is 0.253. The van der Waals surface area contributed by atoms with Gasteiger partial charge >= 0.3 is 0 Å². The second-order valence-corrected chi connectivity index (χ2v) is 6.93. The zero-order valence-corrected chi connectivity index (χ0v) is 16.6. The van der Waals surface area contributed by atoms with Crippen molar-refractivity contribution in [2.24, 2.45) is 15.9 Å². The molecule has 30 heavy (non-hydrogen) atoms. The van der Waals surface area contributed by atoms with Crippen molar-refractivity contribution in [1.82, 2.24) is 14.9 Å². The van der Waals surface area contributed by atoms with Crippen LogP contribution in [0.15, 0.2) is 52.9 Å². The highest BCUT2D eigenvalue weighted by Crippen LogP contribution is 2.26. The van der Waals surface area contributed by atoms with Gasteiger partial charge in [0.15, 0.2) is 0 Å². The molecule has 9 heteroatoms. The topological polar surface area (TPSA) is 121 Å². The zero-order chi connectivity index (χ0) is 20.9. The maximum absolute atomic E-state index is 9.73. The SMILES string of the molecule is Cc1cc(Nc2ncnc3ccc(/C=N/N=C(N)N4CCOCC4)cc23)ccc1O. The van der Waals surface area contributed by atoms with E-state index in [1.165, 1.54) is 6.33 Å². The lowest BCUT2D eigenvalue weighted by Crippen LogP contribution is -2.44. The number of nitrogens with one attached hydrogen (secondary N) is 1. The third-order valence-electron chi connectivity index (χ3n) is 4.82. The van der Waals surface area contributed by atoms with Crippen LogP contribution < -0.4 is 11.1 Å². The van der Waals surface area contributed by atoms with E-state index in [4.69, 9.17) is 10.5 Å². The third-order valence-corrected chi connectivity index (χ3v) is 4.82. The Kier molecular flexibility index (Phi) is 5.71. The van der Waals surface area contributed by atoms with E-state index in [-0.39, 0.29) is 5.75 Å². The van der Waals surface area contributed by atoms with Crippen LogP contribution in [0.25, 0.3) is 10.9 Å². The molecule has 3 aromatic rings. The number of aromatic hydroxyl groups is 1. The molecule has 0 spiro atoms. The molecule has 0 saturated carbocycles. The number of hydrogen-bond acceptors (Lipinski definition) is 7. The maximum atomic E-state index is 9.73. The Morgan fingerprint density at radius 1 is 1.20 bits per heavy atom. The molecule has 1 aliphatic heterocycles. The molecular formula is C21H23N7O2. The Labute approximate surface area is 173 Å². The molecule has 2 aromatic carbocycles. The van der Waals surface area contributed by atoms with Crippen LogP contribution in [0, 0.1) is 6.92 Å². The minimum absolute atomic E-state index is 0.253. The molecule has 0 atom stereocenters. The third kappa shape index (κ3) is 4.47. The number of hydrogen-bond donors (Lipinski definition) is 3. The quantitative estimate of drug-likeness (QED) is 0.264. The van der Waals surface area contributed by atoms with Crippen molar-refractivity contribution in [1.29, 1.82) is 0 Å². The smallest absolute Gasteiger partial charge is 0.216 e. The fourth-order valence-corrected chi connectivity index (χ4v) is 3.13. The van der Waals surface area contributed by atoms with Gasteiger partial charge in [-0.05, 0) is 48.4 Å². The molecule has 1 saturated heterocycles. The minimum Gasteiger partial charge on any atom is -0.508 e. The Morgan fingerprint density at radius 3 is 2.83 bits per heavy atom. The first-order valence-electron chi connectivity index (χ1n) is 9.61. The normalized spacial score (nSPS) is 15.1. The summed E-state index contributed by atoms with van der Waals surface area (Å²) in [4.78, 5) is 10.6. The summed E-state index contributed by atoms with van der Waals surface area (Å²) in [5.74, 6) is 1.30. The van der Waals surface area contributed by atoms with Crippen LogP contribution in [0.1, 0.15) is 11.1 Å². The van der Waals surface area contributed by atoms with Crippen molar-refractivity contribution < 1.29 is 9.84 Å². The van der Waals surface area contributed by atoms with Crippen LogP contribution in [0.3, 0.4) is 0 Å². The molecule has 0 amide bonds. The van der Waals surface area contributed by atoms with Gasteiger partial charge in [-0.1, -0.05) is 6.07 Å². The molecule has 1 aromatic heterocycles. The largest absolute Gasteiger partial charge is 0.508 e. The van der Waals surface area contributed by atoms with Gasteiger partial charge in [-0.25, -0.2) is 9.97 Å². The van der Waals surface area contributed by atoms with E-state index in [1.807, 2.05) is 36.1 Å². The molecule has 154 valence electrons. The number of benzene rings is 2. The molecule has 0 radical (unpaired) electrons. The lowest BCUT2D eigenvalue weighted by Gasteiger charge is -2.26. The number of guanidine groups is 1. The summed E-state index contributed by atoms with van der Waals surface area (Å²) in [6.07, 6.45) is 3.16. The number of rotatable bonds is 4. The first-order chi connectivity index (χ1) is 14.6. The van der Waals surface area contributed by atoms with Gasteiger partial charge in [0.1, 0.15) is 17.9 Å². The number of phenolic OH excluding ortho intramolecular Hbond substituents is 1. The van der Waals surface area contributed by atoms with Crippen molar-refractivity contribution in [2.45, 2.75) is 6.92 Å². The molecule has 4 N–H and O–H groups in total. The number of aryl methyl sites for hydroxylation is 1. The van der Waals surface area contributed by atoms with E-state index in [1.54, 1.807) is 18.3 Å². The van der Waals surface area contributed by atoms with Crippen molar-refractivity contribution in [3.63, 3.8) is 0 Å². The highest BCUT2D eigenvalue weighted by atomic mass is 16.5. The van der Waals surface area contributed by atoms with E-state index in [0.717, 1.165) is 27.7 Å². The van der Waals surface area contributed by atoms with Crippen LogP contribution in [0.2, 0.25) is 0 Å². The van der Waals surface area contributed by atoms with E-state index in [2.05, 4.69) is 25.5 Å². The fraction of sp³-hybridized carbons (Fsp3) is 0.238. The number of aromatic nitrogens is 2. The molecular weight excluding hydrogens is 382 g/mol. The maximum Gasteiger partial charge on any atom is 0.216 e. The molecule has 1 aliphatic rings. The summed E-state index contributed by atoms with van der Waals surface area (Å²) in [5.41, 5.74) is 9.25. The lowest BCUT2D eigenvalue weighted by molar-refractivity contribution is 0.0674. The number of anilines is 2. The standard InChI is InChI=1S/C21H23N7O2/c1-14-10-16(3-5-19(14)29)26-20-17-11-15(2-4-18(17)23-13-24-20)12-25-27-21(22)28-6-8-30-9-7-28/h2-5,10-13,29H,6-9H2,1H3,(H2,22,27)(H,23,24,26)/b25-12+. The van der Waals surface area contributed by atoms with Gasteiger partial charge in [-0.3, -0.25) is 0 Å². The fourth-order valence-electron chi connectivity index (χ4n) is 3.13. The first-order valence-corrected chi connectivity index (χ1v) is 9.61. The summed E-state index contributed by atoms with van der Waals surface area (Å²) in [6.45, 7) is 4.55. The second kappa shape index (κ2) is 8.75. The van der Waals surface area contributed by atoms with E-state index in [9.17, 15) is 5.11 Å². The van der Waals surface area contributed by atoms with E-state index in [0.29, 0.717) is 38.1 Å². The summed E-state index contributed by atoms with van der Waals surface area (Å²) in [5, 5.41) is 22.1. The molecule has 9 nitrogen and oxygen atoms in total. The molecule has 4 rings (SSSR count). The Hall–Kier alpha value is -3.72. The van der Waals surface area contributed by atoms with Crippen LogP contribution in [-0.4, -0.2) is 58.5 Å².